The van der Waals surface area contributed by atoms with Crippen LogP contribution in [0.25, 0.3) is 5.57 Å². The maximum atomic E-state index is 13.8. The van der Waals surface area contributed by atoms with E-state index >= 15 is 0 Å². The number of hydrogen-bond acceptors (Lipinski definition) is 4. The average Bonchev–Trinajstić information content (AvgIpc) is 3.08. The fraction of sp³-hybridized carbons (Fsp3) is 0.350. The van der Waals surface area contributed by atoms with Crippen LogP contribution in [-0.2, 0) is 11.2 Å². The molecule has 4 rings (SSSR count). The second-order valence-electron chi connectivity index (χ2n) is 6.81. The van der Waals surface area contributed by atoms with Crippen LogP contribution in [0.2, 0.25) is 0 Å². The summed E-state index contributed by atoms with van der Waals surface area (Å²) in [5, 5.41) is 3.07. The molecule has 5 nitrogen and oxygen atoms in total. The number of allylic oxidation sites excluding steroid dienone is 1. The second-order valence-corrected chi connectivity index (χ2v) is 6.81. The third kappa shape index (κ3) is 3.82. The minimum absolute atomic E-state index is 0.0533. The number of hydrogen-bond donors (Lipinski definition) is 1. The van der Waals surface area contributed by atoms with Gasteiger partial charge in [0.1, 0.15) is 11.5 Å². The Morgan fingerprint density at radius 3 is 2.78 bits per heavy atom. The van der Waals surface area contributed by atoms with Gasteiger partial charge in [0, 0.05) is 18.5 Å². The van der Waals surface area contributed by atoms with E-state index in [1.165, 1.54) is 18.7 Å². The van der Waals surface area contributed by atoms with E-state index in [0.717, 1.165) is 37.8 Å². The summed E-state index contributed by atoms with van der Waals surface area (Å²) >= 11 is 0. The number of aromatic nitrogens is 2. The Bertz CT molecular complexity index is 908. The lowest BCUT2D eigenvalue weighted by molar-refractivity contribution is -0.116. The Kier molecular flexibility index (Phi) is 4.83. The molecule has 1 heterocycles. The monoisotopic (exact) mass is 371 g/mol. The molecule has 0 spiro atoms. The van der Waals surface area contributed by atoms with Gasteiger partial charge in [-0.1, -0.05) is 25.3 Å². The van der Waals surface area contributed by atoms with Crippen LogP contribution in [-0.4, -0.2) is 21.9 Å². The average molecular weight is 371 g/mol. The van der Waals surface area contributed by atoms with E-state index in [4.69, 9.17) is 4.74 Å². The van der Waals surface area contributed by atoms with Crippen molar-refractivity contribution in [2.24, 2.45) is 0 Å². The molecule has 7 heteroatoms. The van der Waals surface area contributed by atoms with Crippen LogP contribution in [0.1, 0.15) is 43.5 Å². The molecule has 0 atom stereocenters. The van der Waals surface area contributed by atoms with Crippen LogP contribution in [0.4, 0.5) is 8.78 Å². The van der Waals surface area contributed by atoms with E-state index in [-0.39, 0.29) is 23.6 Å². The van der Waals surface area contributed by atoms with Gasteiger partial charge in [-0.25, -0.2) is 13.8 Å². The maximum Gasteiger partial charge on any atom is 0.253 e. The lowest BCUT2D eigenvalue weighted by Crippen LogP contribution is -2.36. The summed E-state index contributed by atoms with van der Waals surface area (Å²) in [6, 6.07) is 3.21. The summed E-state index contributed by atoms with van der Waals surface area (Å²) in [6.45, 7) is 0. The maximum absolute atomic E-state index is 13.8. The number of benzene rings is 1. The number of amides is 1. The van der Waals surface area contributed by atoms with Crippen LogP contribution in [0.5, 0.6) is 11.6 Å². The zero-order valence-corrected chi connectivity index (χ0v) is 14.7. The van der Waals surface area contributed by atoms with Gasteiger partial charge in [-0.2, -0.15) is 0 Å². The minimum atomic E-state index is -0.830. The molecule has 1 amide bonds. The van der Waals surface area contributed by atoms with Crippen LogP contribution < -0.4 is 10.1 Å². The fourth-order valence-electron chi connectivity index (χ4n) is 3.49. The number of nitrogens with zero attached hydrogens (tertiary/aromatic N) is 2. The second kappa shape index (κ2) is 7.42. The van der Waals surface area contributed by atoms with Crippen molar-refractivity contribution >= 4 is 11.5 Å². The predicted octanol–water partition coefficient (Wildman–Crippen LogP) is 3.94. The normalized spacial score (nSPS) is 16.6. The van der Waals surface area contributed by atoms with Gasteiger partial charge >= 0.3 is 0 Å². The Balaban J connectivity index is 1.52. The van der Waals surface area contributed by atoms with Gasteiger partial charge in [-0.15, -0.1) is 0 Å². The first kappa shape index (κ1) is 17.6. The zero-order chi connectivity index (χ0) is 18.8. The van der Waals surface area contributed by atoms with Crippen molar-refractivity contribution in [2.45, 2.75) is 44.6 Å². The molecule has 2 aliphatic carbocycles. The predicted molar refractivity (Wildman–Crippen MR) is 95.2 cm³/mol. The van der Waals surface area contributed by atoms with E-state index in [0.29, 0.717) is 23.4 Å². The van der Waals surface area contributed by atoms with Crippen molar-refractivity contribution < 1.29 is 18.3 Å². The molecule has 140 valence electrons. The highest BCUT2D eigenvalue weighted by Crippen LogP contribution is 2.29. The molecule has 0 bridgehead atoms. The molecular formula is C20H19F2N3O2. The number of nitrogens with one attached hydrogen (secondary N) is 1. The number of halogens is 2. The molecular weight excluding hydrogens is 352 g/mol. The summed E-state index contributed by atoms with van der Waals surface area (Å²) in [6.07, 6.45) is 9.13. The van der Waals surface area contributed by atoms with Crippen molar-refractivity contribution in [1.82, 2.24) is 15.3 Å². The summed E-state index contributed by atoms with van der Waals surface area (Å²) in [4.78, 5) is 21.2. The summed E-state index contributed by atoms with van der Waals surface area (Å²) in [7, 11) is 0. The number of carbonyl (C=O) groups is 1. The highest BCUT2D eigenvalue weighted by molar-refractivity contribution is 6.20. The lowest BCUT2D eigenvalue weighted by atomic mass is 9.95. The Morgan fingerprint density at radius 2 is 2.00 bits per heavy atom. The highest BCUT2D eigenvalue weighted by atomic mass is 19.1. The summed E-state index contributed by atoms with van der Waals surface area (Å²) < 4.78 is 32.2. The van der Waals surface area contributed by atoms with Crippen LogP contribution in [0.3, 0.4) is 0 Å². The molecule has 0 unspecified atom stereocenters. The molecule has 1 N–H and O–H groups in total. The number of ether oxygens (including phenoxy) is 1. The molecule has 1 saturated carbocycles. The molecule has 27 heavy (non-hydrogen) atoms. The first-order valence-electron chi connectivity index (χ1n) is 9.10. The zero-order valence-electron chi connectivity index (χ0n) is 14.7. The van der Waals surface area contributed by atoms with Gasteiger partial charge in [-0.05, 0) is 25.0 Å². The van der Waals surface area contributed by atoms with E-state index in [9.17, 15) is 13.6 Å². The molecule has 0 saturated heterocycles. The van der Waals surface area contributed by atoms with Crippen LogP contribution in [0.15, 0.2) is 30.5 Å². The Hall–Kier alpha value is -2.83. The van der Waals surface area contributed by atoms with Crippen LogP contribution >= 0.6 is 0 Å². The van der Waals surface area contributed by atoms with Crippen molar-refractivity contribution in [3.8, 4) is 11.6 Å². The fourth-order valence-corrected chi connectivity index (χ4v) is 3.49. The number of rotatable bonds is 4. The standard InChI is InChI=1S/C20H19F2N3O2/c21-12-6-9-17(15(22)10-12)27-18-11-23-16-8-7-14(19(16)25-18)20(26)24-13-4-2-1-3-5-13/h6-7,9-11,13H,1-5,8H2,(H,24,26). The molecule has 0 aliphatic heterocycles. The van der Waals surface area contributed by atoms with Crippen LogP contribution in [0, 0.1) is 11.6 Å². The first-order chi connectivity index (χ1) is 13.1. The van der Waals surface area contributed by atoms with Gasteiger partial charge in [0.2, 0.25) is 5.88 Å². The van der Waals surface area contributed by atoms with Crippen molar-refractivity contribution in [3.63, 3.8) is 0 Å². The lowest BCUT2D eigenvalue weighted by Gasteiger charge is -2.23. The van der Waals surface area contributed by atoms with Crippen molar-refractivity contribution in [2.75, 3.05) is 0 Å². The quantitative estimate of drug-likeness (QED) is 0.884. The molecule has 2 aliphatic rings. The third-order valence-corrected chi connectivity index (χ3v) is 4.87. The van der Waals surface area contributed by atoms with E-state index < -0.39 is 11.6 Å². The van der Waals surface area contributed by atoms with E-state index in [1.54, 1.807) is 6.08 Å². The van der Waals surface area contributed by atoms with Gasteiger partial charge in [-0.3, -0.25) is 9.78 Å². The molecule has 1 fully saturated rings. The van der Waals surface area contributed by atoms with Gasteiger partial charge < -0.3 is 10.1 Å². The SMILES string of the molecule is O=C(NC1CCCCC1)C1=CCc2ncc(Oc3ccc(F)cc3F)nc21. The molecule has 1 aromatic heterocycles. The number of fused-ring (bicyclic) bond motifs is 1. The van der Waals surface area contributed by atoms with Gasteiger partial charge in [0.15, 0.2) is 11.6 Å². The molecule has 0 radical (unpaired) electrons. The number of carbonyl (C=O) groups excluding carboxylic acids is 1. The smallest absolute Gasteiger partial charge is 0.253 e. The largest absolute Gasteiger partial charge is 0.434 e. The third-order valence-electron chi connectivity index (χ3n) is 4.87. The molecule has 2 aromatic rings. The van der Waals surface area contributed by atoms with Gasteiger partial charge in [0.05, 0.1) is 17.5 Å². The van der Waals surface area contributed by atoms with Crippen molar-refractivity contribution in [1.29, 1.82) is 0 Å². The topological polar surface area (TPSA) is 64.1 Å². The highest BCUT2D eigenvalue weighted by Gasteiger charge is 2.26. The van der Waals surface area contributed by atoms with Gasteiger partial charge in [0.25, 0.3) is 5.91 Å². The summed E-state index contributed by atoms with van der Waals surface area (Å²) in [5.41, 5.74) is 1.59. The van der Waals surface area contributed by atoms with E-state index in [2.05, 4.69) is 15.3 Å². The minimum Gasteiger partial charge on any atom is -0.434 e. The summed E-state index contributed by atoms with van der Waals surface area (Å²) in [5.74, 6) is -1.79. The molecule has 1 aromatic carbocycles. The first-order valence-corrected chi connectivity index (χ1v) is 9.10. The van der Waals surface area contributed by atoms with E-state index in [1.807, 2.05) is 0 Å². The Labute approximate surface area is 155 Å². The van der Waals surface area contributed by atoms with Crippen molar-refractivity contribution in [3.05, 3.63) is 53.5 Å². The Morgan fingerprint density at radius 1 is 1.19 bits per heavy atom.